The molecule has 1 aromatic carbocycles. The Balaban J connectivity index is 2.14. The summed E-state index contributed by atoms with van der Waals surface area (Å²) in [5, 5.41) is 1.20. The second kappa shape index (κ2) is 4.37. The molecule has 0 aliphatic carbocycles. The summed E-state index contributed by atoms with van der Waals surface area (Å²) in [6, 6.07) is 8.79. The minimum atomic E-state index is -0.450. The number of nitrogens with zero attached hydrogens (tertiary/aromatic N) is 3. The maximum Gasteiger partial charge on any atom is 0.248 e. The Morgan fingerprint density at radius 2 is 1.89 bits per heavy atom. The molecule has 2 aromatic heterocycles. The zero-order valence-corrected chi connectivity index (χ0v) is 10.5. The van der Waals surface area contributed by atoms with Crippen molar-refractivity contribution in [2.75, 3.05) is 0 Å². The minimum Gasteiger partial charge on any atom is -0.366 e. The first-order chi connectivity index (χ1) is 9.16. The molecule has 2 heterocycles. The van der Waals surface area contributed by atoms with Crippen LogP contribution in [0.25, 0.3) is 16.7 Å². The predicted octanol–water partition coefficient (Wildman–Crippen LogP) is 2.17. The average molecular weight is 273 g/mol. The van der Waals surface area contributed by atoms with Crippen LogP contribution in [0.3, 0.4) is 0 Å². The van der Waals surface area contributed by atoms with Gasteiger partial charge >= 0.3 is 0 Å². The molecule has 0 spiro atoms. The Hall–Kier alpha value is -2.40. The lowest BCUT2D eigenvalue weighted by molar-refractivity contribution is 0.100. The number of hydrogen-bond acceptors (Lipinski definition) is 3. The van der Waals surface area contributed by atoms with Crippen LogP contribution in [0.2, 0.25) is 5.15 Å². The van der Waals surface area contributed by atoms with Gasteiger partial charge in [-0.15, -0.1) is 0 Å². The van der Waals surface area contributed by atoms with Gasteiger partial charge < -0.3 is 10.3 Å². The molecule has 3 rings (SSSR count). The Labute approximate surface area is 113 Å². The number of amides is 1. The number of primary amides is 1. The molecule has 0 atom stereocenters. The zero-order valence-electron chi connectivity index (χ0n) is 9.75. The Bertz CT molecular complexity index is 764. The lowest BCUT2D eigenvalue weighted by Gasteiger charge is -2.05. The van der Waals surface area contributed by atoms with E-state index >= 15 is 0 Å². The number of aromatic nitrogens is 3. The van der Waals surface area contributed by atoms with E-state index in [1.807, 2.05) is 16.8 Å². The van der Waals surface area contributed by atoms with Crippen molar-refractivity contribution in [3.05, 3.63) is 53.6 Å². The topological polar surface area (TPSA) is 73.8 Å². The van der Waals surface area contributed by atoms with Crippen LogP contribution in [0, 0.1) is 0 Å². The third kappa shape index (κ3) is 1.94. The van der Waals surface area contributed by atoms with Gasteiger partial charge in [0.25, 0.3) is 0 Å². The molecule has 3 aromatic rings. The normalized spacial score (nSPS) is 10.8. The van der Waals surface area contributed by atoms with Crippen molar-refractivity contribution < 1.29 is 4.79 Å². The third-order valence-corrected chi connectivity index (χ3v) is 3.16. The van der Waals surface area contributed by atoms with Crippen LogP contribution < -0.4 is 5.73 Å². The molecule has 5 nitrogen and oxygen atoms in total. The lowest BCUT2D eigenvalue weighted by atomic mass is 10.2. The smallest absolute Gasteiger partial charge is 0.248 e. The van der Waals surface area contributed by atoms with Gasteiger partial charge in [0.05, 0.1) is 5.39 Å². The van der Waals surface area contributed by atoms with Crippen LogP contribution in [0.5, 0.6) is 0 Å². The van der Waals surface area contributed by atoms with Gasteiger partial charge in [-0.25, -0.2) is 9.97 Å². The number of rotatable bonds is 2. The second-order valence-corrected chi connectivity index (χ2v) is 4.36. The summed E-state index contributed by atoms with van der Waals surface area (Å²) >= 11 is 6.00. The Morgan fingerprint density at radius 1 is 1.16 bits per heavy atom. The van der Waals surface area contributed by atoms with E-state index in [1.165, 1.54) is 6.33 Å². The highest BCUT2D eigenvalue weighted by Crippen LogP contribution is 2.23. The van der Waals surface area contributed by atoms with Crippen LogP contribution in [-0.4, -0.2) is 20.4 Å². The SMILES string of the molecule is NC(=O)c1ccc(-n2ccc3c(Cl)ncnc32)cc1. The monoisotopic (exact) mass is 272 g/mol. The number of carbonyl (C=O) groups is 1. The van der Waals surface area contributed by atoms with Crippen LogP contribution in [0.4, 0.5) is 0 Å². The first kappa shape index (κ1) is 11.7. The zero-order chi connectivity index (χ0) is 13.4. The van der Waals surface area contributed by atoms with E-state index in [0.29, 0.717) is 16.4 Å². The molecule has 0 aliphatic heterocycles. The molecule has 94 valence electrons. The molecule has 1 amide bonds. The number of fused-ring (bicyclic) bond motifs is 1. The molecule has 6 heteroatoms. The molecular formula is C13H9ClN4O. The van der Waals surface area contributed by atoms with E-state index in [9.17, 15) is 4.79 Å². The van der Waals surface area contributed by atoms with Gasteiger partial charge in [0.2, 0.25) is 5.91 Å². The molecule has 0 fully saturated rings. The summed E-state index contributed by atoms with van der Waals surface area (Å²) in [6.45, 7) is 0. The molecule has 2 N–H and O–H groups in total. The van der Waals surface area contributed by atoms with Gasteiger partial charge in [-0.05, 0) is 30.3 Å². The first-order valence-corrected chi connectivity index (χ1v) is 5.92. The molecular weight excluding hydrogens is 264 g/mol. The highest BCUT2D eigenvalue weighted by Gasteiger charge is 2.08. The van der Waals surface area contributed by atoms with E-state index in [-0.39, 0.29) is 0 Å². The molecule has 19 heavy (non-hydrogen) atoms. The van der Waals surface area contributed by atoms with Crippen LogP contribution in [0.1, 0.15) is 10.4 Å². The average Bonchev–Trinajstić information content (AvgIpc) is 2.84. The van der Waals surface area contributed by atoms with E-state index in [4.69, 9.17) is 17.3 Å². The standard InChI is InChI=1S/C13H9ClN4O/c14-11-10-5-6-18(13(10)17-7-16-11)9-3-1-8(2-4-9)12(15)19/h1-7H,(H2,15,19). The number of carbonyl (C=O) groups excluding carboxylic acids is 1. The molecule has 0 bridgehead atoms. The summed E-state index contributed by atoms with van der Waals surface area (Å²) in [4.78, 5) is 19.2. The Kier molecular flexibility index (Phi) is 2.68. The molecule has 0 aliphatic rings. The summed E-state index contributed by atoms with van der Waals surface area (Å²) in [7, 11) is 0. The highest BCUT2D eigenvalue weighted by atomic mass is 35.5. The number of hydrogen-bond donors (Lipinski definition) is 1. The summed E-state index contributed by atoms with van der Waals surface area (Å²) < 4.78 is 1.87. The third-order valence-electron chi connectivity index (χ3n) is 2.86. The maximum atomic E-state index is 11.0. The minimum absolute atomic E-state index is 0.414. The number of nitrogens with two attached hydrogens (primary N) is 1. The van der Waals surface area contributed by atoms with Crippen LogP contribution in [-0.2, 0) is 0 Å². The Morgan fingerprint density at radius 3 is 2.58 bits per heavy atom. The van der Waals surface area contributed by atoms with Gasteiger partial charge in [0.1, 0.15) is 17.1 Å². The van der Waals surface area contributed by atoms with E-state index in [1.54, 1.807) is 24.3 Å². The van der Waals surface area contributed by atoms with E-state index in [2.05, 4.69) is 9.97 Å². The largest absolute Gasteiger partial charge is 0.366 e. The number of halogens is 1. The predicted molar refractivity (Wildman–Crippen MR) is 72.4 cm³/mol. The second-order valence-electron chi connectivity index (χ2n) is 4.00. The number of benzene rings is 1. The molecule has 0 saturated heterocycles. The van der Waals surface area contributed by atoms with E-state index < -0.39 is 5.91 Å². The van der Waals surface area contributed by atoms with Gasteiger partial charge in [-0.1, -0.05) is 11.6 Å². The van der Waals surface area contributed by atoms with Gasteiger partial charge in [0, 0.05) is 17.4 Å². The van der Waals surface area contributed by atoms with Crippen molar-refractivity contribution in [1.82, 2.24) is 14.5 Å². The molecule has 0 saturated carbocycles. The quantitative estimate of drug-likeness (QED) is 0.727. The van der Waals surface area contributed by atoms with Crippen molar-refractivity contribution in [2.24, 2.45) is 5.73 Å². The van der Waals surface area contributed by atoms with E-state index in [0.717, 1.165) is 11.1 Å². The fourth-order valence-electron chi connectivity index (χ4n) is 1.92. The molecule has 0 radical (unpaired) electrons. The van der Waals surface area contributed by atoms with Gasteiger partial charge in [-0.2, -0.15) is 0 Å². The van der Waals surface area contributed by atoms with Crippen molar-refractivity contribution in [3.63, 3.8) is 0 Å². The maximum absolute atomic E-state index is 11.0. The molecule has 0 unspecified atom stereocenters. The van der Waals surface area contributed by atoms with Crippen molar-refractivity contribution in [3.8, 4) is 5.69 Å². The summed E-state index contributed by atoms with van der Waals surface area (Å²) in [5.41, 5.74) is 7.26. The van der Waals surface area contributed by atoms with Crippen LogP contribution >= 0.6 is 11.6 Å². The van der Waals surface area contributed by atoms with Crippen molar-refractivity contribution in [2.45, 2.75) is 0 Å². The van der Waals surface area contributed by atoms with Gasteiger partial charge in [-0.3, -0.25) is 4.79 Å². The summed E-state index contributed by atoms with van der Waals surface area (Å²) in [6.07, 6.45) is 3.27. The van der Waals surface area contributed by atoms with Crippen molar-refractivity contribution in [1.29, 1.82) is 0 Å². The highest BCUT2D eigenvalue weighted by molar-refractivity contribution is 6.33. The van der Waals surface area contributed by atoms with Gasteiger partial charge in [0.15, 0.2) is 0 Å². The van der Waals surface area contributed by atoms with Crippen LogP contribution in [0.15, 0.2) is 42.9 Å². The first-order valence-electron chi connectivity index (χ1n) is 5.54. The van der Waals surface area contributed by atoms with Crippen molar-refractivity contribution >= 4 is 28.5 Å². The fraction of sp³-hybridized carbons (Fsp3) is 0. The fourth-order valence-corrected chi connectivity index (χ4v) is 2.11. The summed E-state index contributed by atoms with van der Waals surface area (Å²) in [5.74, 6) is -0.450. The lowest BCUT2D eigenvalue weighted by Crippen LogP contribution is -2.10.